The molecule has 0 spiro atoms. The van der Waals surface area contributed by atoms with E-state index < -0.39 is 6.10 Å². The van der Waals surface area contributed by atoms with Crippen LogP contribution in [-0.4, -0.2) is 57.8 Å². The number of benzene rings is 2. The number of β-amino-alcohol motifs (C(OH)–C–C–N with tert-alkyl or cyclic N) is 1. The highest BCUT2D eigenvalue weighted by molar-refractivity contribution is 5.75. The molecule has 5 nitrogen and oxygen atoms in total. The van der Waals surface area contributed by atoms with Gasteiger partial charge in [-0.3, -0.25) is 5.01 Å². The molecule has 2 saturated carbocycles. The summed E-state index contributed by atoms with van der Waals surface area (Å²) in [7, 11) is 0. The zero-order valence-corrected chi connectivity index (χ0v) is 18.1. The molecule has 2 atom stereocenters. The van der Waals surface area contributed by atoms with Crippen LogP contribution in [0.2, 0.25) is 0 Å². The number of aliphatic hydroxyl groups is 1. The molecule has 5 rings (SSSR count). The molecular weight excluding hydrogens is 386 g/mol. The molecule has 1 aliphatic heterocycles. The number of carbonyl (C=O) groups is 1. The standard InChI is InChI=1S/C26H33N3O2/c30-25-19-27(16-21-9-5-2-6-10-21)29(18-23-13-14-23)26(31)28(17-22-11-12-22)24(25)15-20-7-3-1-4-8-20/h1-10,22-25,30H,11-19H2/t24-,25-/m1/s1. The minimum absolute atomic E-state index is 0.0761. The largest absolute Gasteiger partial charge is 0.390 e. The Kier molecular flexibility index (Phi) is 5.97. The maximum absolute atomic E-state index is 13.9. The van der Waals surface area contributed by atoms with Crippen LogP contribution in [0, 0.1) is 11.8 Å². The van der Waals surface area contributed by atoms with Gasteiger partial charge in [-0.25, -0.2) is 9.80 Å². The second-order valence-electron chi connectivity index (χ2n) is 9.56. The van der Waals surface area contributed by atoms with Gasteiger partial charge in [0.2, 0.25) is 0 Å². The van der Waals surface area contributed by atoms with Crippen molar-refractivity contribution in [3.05, 3.63) is 71.8 Å². The van der Waals surface area contributed by atoms with E-state index in [2.05, 4.69) is 29.3 Å². The summed E-state index contributed by atoms with van der Waals surface area (Å²) in [5, 5.41) is 15.4. The summed E-state index contributed by atoms with van der Waals surface area (Å²) in [6, 6.07) is 20.4. The Morgan fingerprint density at radius 1 is 0.806 bits per heavy atom. The quantitative estimate of drug-likeness (QED) is 0.705. The zero-order valence-electron chi connectivity index (χ0n) is 18.1. The molecule has 1 saturated heterocycles. The number of hydrazine groups is 1. The monoisotopic (exact) mass is 419 g/mol. The number of hydrogen-bond acceptors (Lipinski definition) is 3. The van der Waals surface area contributed by atoms with Crippen molar-refractivity contribution >= 4 is 6.03 Å². The average Bonchev–Trinajstić information content (AvgIpc) is 3.70. The van der Waals surface area contributed by atoms with Crippen molar-refractivity contribution in [1.29, 1.82) is 0 Å². The minimum Gasteiger partial charge on any atom is -0.390 e. The van der Waals surface area contributed by atoms with E-state index in [1.165, 1.54) is 36.8 Å². The molecule has 1 N–H and O–H groups in total. The predicted molar refractivity (Wildman–Crippen MR) is 121 cm³/mol. The molecule has 2 aromatic carbocycles. The maximum Gasteiger partial charge on any atom is 0.334 e. The lowest BCUT2D eigenvalue weighted by atomic mass is 9.99. The maximum atomic E-state index is 13.9. The summed E-state index contributed by atoms with van der Waals surface area (Å²) in [6.07, 6.45) is 4.87. The fourth-order valence-electron chi connectivity index (χ4n) is 4.63. The van der Waals surface area contributed by atoms with Gasteiger partial charge in [-0.15, -0.1) is 0 Å². The van der Waals surface area contributed by atoms with Crippen LogP contribution in [0.15, 0.2) is 60.7 Å². The average molecular weight is 420 g/mol. The van der Waals surface area contributed by atoms with Crippen LogP contribution in [0.25, 0.3) is 0 Å². The summed E-state index contributed by atoms with van der Waals surface area (Å²) >= 11 is 0. The lowest BCUT2D eigenvalue weighted by Crippen LogP contribution is -2.52. The number of hydrogen-bond donors (Lipinski definition) is 1. The van der Waals surface area contributed by atoms with Gasteiger partial charge in [0.05, 0.1) is 12.1 Å². The summed E-state index contributed by atoms with van der Waals surface area (Å²) in [5.41, 5.74) is 2.34. The normalized spacial score (nSPS) is 25.0. The van der Waals surface area contributed by atoms with Crippen LogP contribution < -0.4 is 0 Å². The Labute approximate surface area is 185 Å². The van der Waals surface area contributed by atoms with Gasteiger partial charge in [0.15, 0.2) is 0 Å². The summed E-state index contributed by atoms with van der Waals surface area (Å²) < 4.78 is 0. The van der Waals surface area contributed by atoms with Gasteiger partial charge in [0, 0.05) is 26.2 Å². The highest BCUT2D eigenvalue weighted by Gasteiger charge is 2.43. The highest BCUT2D eigenvalue weighted by Crippen LogP contribution is 2.35. The van der Waals surface area contributed by atoms with Crippen molar-refractivity contribution < 1.29 is 9.90 Å². The molecule has 0 bridgehead atoms. The van der Waals surface area contributed by atoms with E-state index in [1.54, 1.807) is 0 Å². The lowest BCUT2D eigenvalue weighted by Gasteiger charge is -2.36. The number of aliphatic hydroxyl groups excluding tert-OH is 1. The minimum atomic E-state index is -0.587. The Morgan fingerprint density at radius 2 is 1.39 bits per heavy atom. The second-order valence-corrected chi connectivity index (χ2v) is 9.56. The molecular formula is C26H33N3O2. The molecule has 2 aromatic rings. The molecule has 31 heavy (non-hydrogen) atoms. The molecule has 0 unspecified atom stereocenters. The van der Waals surface area contributed by atoms with Crippen molar-refractivity contribution in [2.45, 2.75) is 50.8 Å². The van der Waals surface area contributed by atoms with Crippen LogP contribution in [0.1, 0.15) is 36.8 Å². The van der Waals surface area contributed by atoms with Gasteiger partial charge in [0.25, 0.3) is 0 Å². The molecule has 164 valence electrons. The van der Waals surface area contributed by atoms with Crippen LogP contribution in [0.3, 0.4) is 0 Å². The summed E-state index contributed by atoms with van der Waals surface area (Å²) in [6.45, 7) is 2.64. The first kappa shape index (κ1) is 20.5. The molecule has 3 fully saturated rings. The zero-order chi connectivity index (χ0) is 21.2. The molecule has 5 heteroatoms. The van der Waals surface area contributed by atoms with Crippen LogP contribution in [0.5, 0.6) is 0 Å². The third-order valence-electron chi connectivity index (χ3n) is 6.83. The fraction of sp³-hybridized carbons (Fsp3) is 0.500. The van der Waals surface area contributed by atoms with Gasteiger partial charge < -0.3 is 10.0 Å². The van der Waals surface area contributed by atoms with Gasteiger partial charge in [0.1, 0.15) is 0 Å². The number of amides is 2. The number of rotatable bonds is 8. The molecule has 3 aliphatic rings. The summed E-state index contributed by atoms with van der Waals surface area (Å²) in [5.74, 6) is 1.17. The molecule has 0 radical (unpaired) electrons. The number of urea groups is 1. The van der Waals surface area contributed by atoms with Crippen molar-refractivity contribution in [2.24, 2.45) is 11.8 Å². The van der Waals surface area contributed by atoms with Gasteiger partial charge in [-0.05, 0) is 55.1 Å². The van der Waals surface area contributed by atoms with Crippen LogP contribution in [0.4, 0.5) is 4.79 Å². The van der Waals surface area contributed by atoms with Crippen molar-refractivity contribution in [3.8, 4) is 0 Å². The molecule has 2 aliphatic carbocycles. The van der Waals surface area contributed by atoms with E-state index in [-0.39, 0.29) is 12.1 Å². The van der Waals surface area contributed by atoms with Crippen LogP contribution >= 0.6 is 0 Å². The van der Waals surface area contributed by atoms with E-state index in [0.717, 1.165) is 13.1 Å². The topological polar surface area (TPSA) is 47.0 Å². The second kappa shape index (κ2) is 9.01. The first-order chi connectivity index (χ1) is 15.2. The summed E-state index contributed by atoms with van der Waals surface area (Å²) in [4.78, 5) is 15.9. The SMILES string of the molecule is O=C1N(CC2CC2)[C@H](Cc2ccccc2)[C@H](O)CN(Cc2ccccc2)N1CC1CC1. The highest BCUT2D eigenvalue weighted by atomic mass is 16.3. The third-order valence-corrected chi connectivity index (χ3v) is 6.83. The van der Waals surface area contributed by atoms with Gasteiger partial charge >= 0.3 is 6.03 Å². The van der Waals surface area contributed by atoms with Crippen molar-refractivity contribution in [1.82, 2.24) is 14.9 Å². The first-order valence-electron chi connectivity index (χ1n) is 11.8. The van der Waals surface area contributed by atoms with E-state index in [1.807, 2.05) is 46.3 Å². The fourth-order valence-corrected chi connectivity index (χ4v) is 4.63. The van der Waals surface area contributed by atoms with E-state index in [0.29, 0.717) is 31.3 Å². The molecule has 2 amide bonds. The Hall–Kier alpha value is -2.37. The van der Waals surface area contributed by atoms with Crippen molar-refractivity contribution in [3.63, 3.8) is 0 Å². The molecule has 1 heterocycles. The Balaban J connectivity index is 1.44. The molecule has 0 aromatic heterocycles. The number of carbonyl (C=O) groups excluding carboxylic acids is 1. The number of nitrogens with zero attached hydrogens (tertiary/aromatic N) is 3. The van der Waals surface area contributed by atoms with Gasteiger partial charge in [-0.2, -0.15) is 0 Å². The predicted octanol–water partition coefficient (Wildman–Crippen LogP) is 3.93. The van der Waals surface area contributed by atoms with E-state index in [4.69, 9.17) is 0 Å². The third kappa shape index (κ3) is 5.10. The van der Waals surface area contributed by atoms with Gasteiger partial charge in [-0.1, -0.05) is 60.7 Å². The van der Waals surface area contributed by atoms with E-state index >= 15 is 0 Å². The van der Waals surface area contributed by atoms with Crippen molar-refractivity contribution in [2.75, 3.05) is 19.6 Å². The smallest absolute Gasteiger partial charge is 0.334 e. The first-order valence-corrected chi connectivity index (χ1v) is 11.8. The van der Waals surface area contributed by atoms with Crippen LogP contribution in [-0.2, 0) is 13.0 Å². The Morgan fingerprint density at radius 3 is 2.00 bits per heavy atom. The Bertz CT molecular complexity index is 867. The lowest BCUT2D eigenvalue weighted by molar-refractivity contribution is -0.0184. The van der Waals surface area contributed by atoms with E-state index in [9.17, 15) is 9.90 Å².